The SMILES string of the molecule is N#CCN(C(=O)COC(=O)C1CC(O)CN1S(=O)(=O)c1ccccc1[N+](=O)[O-])c1ccccc1. The second kappa shape index (κ2) is 10.4. The Hall–Kier alpha value is -3.86. The summed E-state index contributed by atoms with van der Waals surface area (Å²) in [6.45, 7) is -1.56. The fourth-order valence-electron chi connectivity index (χ4n) is 3.53. The van der Waals surface area contributed by atoms with Crippen LogP contribution in [0.1, 0.15) is 6.42 Å². The van der Waals surface area contributed by atoms with Gasteiger partial charge in [-0.2, -0.15) is 9.57 Å². The number of sulfonamides is 1. The van der Waals surface area contributed by atoms with Gasteiger partial charge in [0.2, 0.25) is 0 Å². The molecule has 1 heterocycles. The number of nitro groups is 1. The van der Waals surface area contributed by atoms with E-state index in [1.54, 1.807) is 30.3 Å². The first-order chi connectivity index (χ1) is 16.2. The van der Waals surface area contributed by atoms with Crippen LogP contribution in [0.4, 0.5) is 11.4 Å². The van der Waals surface area contributed by atoms with Crippen LogP contribution in [0.25, 0.3) is 0 Å². The van der Waals surface area contributed by atoms with Crippen LogP contribution in [0.15, 0.2) is 59.5 Å². The van der Waals surface area contributed by atoms with Crippen LogP contribution in [0.2, 0.25) is 0 Å². The number of carbonyl (C=O) groups excluding carboxylic acids is 2. The average Bonchev–Trinajstić information content (AvgIpc) is 3.24. The number of aliphatic hydroxyl groups is 1. The van der Waals surface area contributed by atoms with Gasteiger partial charge in [0, 0.05) is 24.7 Å². The molecule has 1 N–H and O–H groups in total. The molecule has 2 unspecified atom stereocenters. The summed E-state index contributed by atoms with van der Waals surface area (Å²) in [4.78, 5) is 36.2. The summed E-state index contributed by atoms with van der Waals surface area (Å²) in [6, 6.07) is 13.2. The lowest BCUT2D eigenvalue weighted by Crippen LogP contribution is -2.43. The maximum Gasteiger partial charge on any atom is 0.325 e. The number of hydrogen-bond acceptors (Lipinski definition) is 9. The van der Waals surface area contributed by atoms with E-state index in [0.29, 0.717) is 9.99 Å². The predicted octanol–water partition coefficient (Wildman–Crippen LogP) is 0.819. The van der Waals surface area contributed by atoms with Crippen molar-refractivity contribution >= 4 is 33.3 Å². The number of hydrogen-bond donors (Lipinski definition) is 1. The number of esters is 1. The molecule has 1 saturated heterocycles. The van der Waals surface area contributed by atoms with Gasteiger partial charge in [0.05, 0.1) is 17.1 Å². The molecule has 13 heteroatoms. The summed E-state index contributed by atoms with van der Waals surface area (Å²) in [5.74, 6) is -1.82. The first-order valence-corrected chi connectivity index (χ1v) is 11.4. The van der Waals surface area contributed by atoms with E-state index in [4.69, 9.17) is 10.00 Å². The van der Waals surface area contributed by atoms with Crippen molar-refractivity contribution in [1.29, 1.82) is 5.26 Å². The number of anilines is 1. The Morgan fingerprint density at radius 1 is 1.21 bits per heavy atom. The maximum atomic E-state index is 13.1. The lowest BCUT2D eigenvalue weighted by molar-refractivity contribution is -0.387. The molecule has 1 aliphatic heterocycles. The zero-order chi connectivity index (χ0) is 24.9. The zero-order valence-electron chi connectivity index (χ0n) is 17.7. The van der Waals surface area contributed by atoms with Crippen molar-refractivity contribution in [3.05, 3.63) is 64.7 Å². The van der Waals surface area contributed by atoms with Crippen molar-refractivity contribution < 1.29 is 32.8 Å². The molecule has 34 heavy (non-hydrogen) atoms. The minimum atomic E-state index is -4.56. The van der Waals surface area contributed by atoms with Crippen molar-refractivity contribution in [2.24, 2.45) is 0 Å². The van der Waals surface area contributed by atoms with Crippen LogP contribution in [0.5, 0.6) is 0 Å². The smallest absolute Gasteiger partial charge is 0.325 e. The number of carbonyl (C=O) groups is 2. The summed E-state index contributed by atoms with van der Waals surface area (Å²) in [5.41, 5.74) is -0.275. The minimum Gasteiger partial charge on any atom is -0.454 e. The third-order valence-corrected chi connectivity index (χ3v) is 7.01. The molecule has 12 nitrogen and oxygen atoms in total. The molecule has 0 saturated carbocycles. The van der Waals surface area contributed by atoms with Crippen LogP contribution < -0.4 is 4.90 Å². The van der Waals surface area contributed by atoms with E-state index in [0.717, 1.165) is 17.0 Å². The van der Waals surface area contributed by atoms with Crippen LogP contribution in [0, 0.1) is 21.4 Å². The van der Waals surface area contributed by atoms with E-state index in [1.165, 1.54) is 12.1 Å². The van der Waals surface area contributed by atoms with E-state index in [1.807, 2.05) is 6.07 Å². The van der Waals surface area contributed by atoms with E-state index in [9.17, 15) is 33.2 Å². The van der Waals surface area contributed by atoms with Gasteiger partial charge in [0.1, 0.15) is 12.6 Å². The predicted molar refractivity (Wildman–Crippen MR) is 117 cm³/mol. The Kier molecular flexibility index (Phi) is 7.57. The van der Waals surface area contributed by atoms with Crippen LogP contribution in [-0.4, -0.2) is 66.5 Å². The molecule has 178 valence electrons. The molecule has 2 atom stereocenters. The summed E-state index contributed by atoms with van der Waals surface area (Å²) in [7, 11) is -4.56. The second-order valence-electron chi connectivity index (χ2n) is 7.29. The Labute approximate surface area is 194 Å². The van der Waals surface area contributed by atoms with Gasteiger partial charge < -0.3 is 9.84 Å². The molecular weight excluding hydrogens is 468 g/mol. The molecule has 0 aliphatic carbocycles. The van der Waals surface area contributed by atoms with Gasteiger partial charge in [-0.15, -0.1) is 0 Å². The number of nitro benzene ring substituents is 1. The van der Waals surface area contributed by atoms with Gasteiger partial charge in [-0.25, -0.2) is 8.42 Å². The Bertz CT molecular complexity index is 1230. The largest absolute Gasteiger partial charge is 0.454 e. The topological polar surface area (TPSA) is 171 Å². The van der Waals surface area contributed by atoms with Gasteiger partial charge in [-0.3, -0.25) is 24.6 Å². The number of aliphatic hydroxyl groups excluding tert-OH is 1. The molecule has 1 amide bonds. The number of rotatable bonds is 8. The van der Waals surface area contributed by atoms with Crippen molar-refractivity contribution in [3.63, 3.8) is 0 Å². The highest BCUT2D eigenvalue weighted by Crippen LogP contribution is 2.32. The molecule has 0 spiro atoms. The van der Waals surface area contributed by atoms with Gasteiger partial charge >= 0.3 is 5.97 Å². The summed E-state index contributed by atoms with van der Waals surface area (Å²) in [6.07, 6.45) is -1.53. The molecule has 3 rings (SSSR count). The number of nitrogens with zero attached hydrogens (tertiary/aromatic N) is 4. The molecule has 2 aromatic rings. The lowest BCUT2D eigenvalue weighted by Gasteiger charge is -2.23. The second-order valence-corrected chi connectivity index (χ2v) is 9.15. The first kappa shape index (κ1) is 24.8. The van der Waals surface area contributed by atoms with E-state index in [2.05, 4.69) is 0 Å². The third-order valence-electron chi connectivity index (χ3n) is 5.09. The van der Waals surface area contributed by atoms with Crippen LogP contribution >= 0.6 is 0 Å². The van der Waals surface area contributed by atoms with E-state index < -0.39 is 62.7 Å². The Morgan fingerprint density at radius 2 is 1.85 bits per heavy atom. The molecule has 1 fully saturated rings. The number of nitriles is 1. The van der Waals surface area contributed by atoms with Crippen molar-refractivity contribution in [2.75, 3.05) is 24.6 Å². The van der Waals surface area contributed by atoms with Gasteiger partial charge in [0.15, 0.2) is 11.5 Å². The number of benzene rings is 2. The summed E-state index contributed by atoms with van der Waals surface area (Å²) in [5, 5.41) is 30.3. The third kappa shape index (κ3) is 5.20. The van der Waals surface area contributed by atoms with Crippen molar-refractivity contribution in [1.82, 2.24) is 4.31 Å². The summed E-state index contributed by atoms with van der Waals surface area (Å²) < 4.78 is 31.9. The molecule has 1 aliphatic rings. The maximum absolute atomic E-state index is 13.1. The quantitative estimate of drug-likeness (QED) is 0.244. The van der Waals surface area contributed by atoms with Gasteiger partial charge in [0.25, 0.3) is 21.6 Å². The fourth-order valence-corrected chi connectivity index (χ4v) is 5.31. The molecule has 2 aromatic carbocycles. The molecular formula is C21H20N4O8S. The first-order valence-electron chi connectivity index (χ1n) is 9.99. The number of para-hydroxylation sites is 2. The zero-order valence-corrected chi connectivity index (χ0v) is 18.5. The molecule has 0 bridgehead atoms. The van der Waals surface area contributed by atoms with E-state index >= 15 is 0 Å². The fraction of sp³-hybridized carbons (Fsp3) is 0.286. The number of ether oxygens (including phenoxy) is 1. The Balaban J connectivity index is 1.78. The van der Waals surface area contributed by atoms with Gasteiger partial charge in [-0.05, 0) is 18.2 Å². The lowest BCUT2D eigenvalue weighted by atomic mass is 10.2. The highest BCUT2D eigenvalue weighted by Gasteiger charge is 2.46. The standard InChI is InChI=1S/C21H20N4O8S/c22-10-11-23(15-6-2-1-3-7-15)20(27)14-33-21(28)18-12-16(26)13-24(18)34(31,32)19-9-5-4-8-17(19)25(29)30/h1-9,16,18,26H,11-14H2. The van der Waals surface area contributed by atoms with Crippen molar-refractivity contribution in [3.8, 4) is 6.07 Å². The monoisotopic (exact) mass is 488 g/mol. The number of amides is 1. The summed E-state index contributed by atoms with van der Waals surface area (Å²) >= 11 is 0. The van der Waals surface area contributed by atoms with Crippen molar-refractivity contribution in [2.45, 2.75) is 23.5 Å². The average molecular weight is 488 g/mol. The number of β-amino-alcohol motifs (C(OH)–C–C–N with tert-alkyl or cyclic N) is 1. The van der Waals surface area contributed by atoms with Crippen LogP contribution in [0.3, 0.4) is 0 Å². The normalized spacial score (nSPS) is 18.1. The molecule has 0 aromatic heterocycles. The van der Waals surface area contributed by atoms with Crippen LogP contribution in [-0.2, 0) is 24.3 Å². The minimum absolute atomic E-state index is 0.305. The highest BCUT2D eigenvalue weighted by molar-refractivity contribution is 7.89. The van der Waals surface area contributed by atoms with Gasteiger partial charge in [-0.1, -0.05) is 30.3 Å². The molecule has 0 radical (unpaired) electrons. The Morgan fingerprint density at radius 3 is 2.50 bits per heavy atom. The van der Waals surface area contributed by atoms with E-state index in [-0.39, 0.29) is 13.0 Å². The highest BCUT2D eigenvalue weighted by atomic mass is 32.2.